The van der Waals surface area contributed by atoms with Gasteiger partial charge in [0.2, 0.25) is 0 Å². The van der Waals surface area contributed by atoms with Gasteiger partial charge in [0.1, 0.15) is 15.9 Å². The number of hydrogen-bond acceptors (Lipinski definition) is 4. The molecule has 2 rings (SSSR count). The molecule has 0 amide bonds. The quantitative estimate of drug-likeness (QED) is 0.849. The van der Waals surface area contributed by atoms with Crippen LogP contribution in [0.4, 0.5) is 0 Å². The minimum Gasteiger partial charge on any atom is -0.390 e. The molecule has 2 aromatic rings. The van der Waals surface area contributed by atoms with Gasteiger partial charge >= 0.3 is 0 Å². The molecule has 0 saturated heterocycles. The van der Waals surface area contributed by atoms with Gasteiger partial charge in [-0.3, -0.25) is 0 Å². The van der Waals surface area contributed by atoms with Crippen molar-refractivity contribution in [2.24, 2.45) is 0 Å². The van der Waals surface area contributed by atoms with Crippen LogP contribution in [-0.2, 0) is 14.6 Å². The first-order chi connectivity index (χ1) is 10.5. The zero-order valence-electron chi connectivity index (χ0n) is 12.4. The van der Waals surface area contributed by atoms with Crippen molar-refractivity contribution in [2.45, 2.75) is 12.2 Å². The Labute approximate surface area is 131 Å². The fraction of sp³-hybridized carbons (Fsp3) is 0.294. The van der Waals surface area contributed by atoms with Crippen LogP contribution < -0.4 is 0 Å². The second-order valence-corrected chi connectivity index (χ2v) is 7.47. The molecule has 4 nitrogen and oxygen atoms in total. The van der Waals surface area contributed by atoms with Crippen LogP contribution in [0, 0.1) is 0 Å². The third-order valence-electron chi connectivity index (χ3n) is 3.16. The third-order valence-corrected chi connectivity index (χ3v) is 4.15. The molecule has 0 aromatic heterocycles. The summed E-state index contributed by atoms with van der Waals surface area (Å²) in [5.41, 5.74) is 1.92. The van der Waals surface area contributed by atoms with Crippen LogP contribution in [0.25, 0.3) is 0 Å². The van der Waals surface area contributed by atoms with E-state index in [-0.39, 0.29) is 18.5 Å². The van der Waals surface area contributed by atoms with Crippen molar-refractivity contribution in [1.82, 2.24) is 0 Å². The van der Waals surface area contributed by atoms with Gasteiger partial charge < -0.3 is 9.84 Å². The van der Waals surface area contributed by atoms with Crippen LogP contribution in [0.3, 0.4) is 0 Å². The van der Waals surface area contributed by atoms with Crippen molar-refractivity contribution in [2.75, 3.05) is 18.6 Å². The Morgan fingerprint density at radius 1 is 0.955 bits per heavy atom. The number of ether oxygens (including phenoxy) is 1. The number of aliphatic hydroxyl groups excluding tert-OH is 1. The summed E-state index contributed by atoms with van der Waals surface area (Å²) >= 11 is 0. The Kier molecular flexibility index (Phi) is 5.71. The van der Waals surface area contributed by atoms with Crippen molar-refractivity contribution in [3.63, 3.8) is 0 Å². The van der Waals surface area contributed by atoms with E-state index in [9.17, 15) is 13.5 Å². The van der Waals surface area contributed by atoms with Gasteiger partial charge in [-0.1, -0.05) is 60.7 Å². The summed E-state index contributed by atoms with van der Waals surface area (Å²) in [6.07, 6.45) is -0.274. The molecule has 0 heterocycles. The highest BCUT2D eigenvalue weighted by Crippen LogP contribution is 2.25. The predicted molar refractivity (Wildman–Crippen MR) is 86.4 cm³/mol. The Morgan fingerprint density at radius 3 is 1.82 bits per heavy atom. The van der Waals surface area contributed by atoms with Crippen LogP contribution in [-0.4, -0.2) is 38.2 Å². The first-order valence-electron chi connectivity index (χ1n) is 7.03. The van der Waals surface area contributed by atoms with Crippen LogP contribution >= 0.6 is 0 Å². The molecule has 0 aliphatic carbocycles. The summed E-state index contributed by atoms with van der Waals surface area (Å²) in [5.74, 6) is -0.302. The predicted octanol–water partition coefficient (Wildman–Crippen LogP) is 2.20. The van der Waals surface area contributed by atoms with E-state index in [0.717, 1.165) is 17.4 Å². The fourth-order valence-electron chi connectivity index (χ4n) is 2.25. The lowest BCUT2D eigenvalue weighted by atomic mass is 10.0. The van der Waals surface area contributed by atoms with Gasteiger partial charge in [-0.2, -0.15) is 0 Å². The smallest absolute Gasteiger partial charge is 0.150 e. The summed E-state index contributed by atoms with van der Waals surface area (Å²) < 4.78 is 28.2. The van der Waals surface area contributed by atoms with E-state index in [0.29, 0.717) is 0 Å². The lowest BCUT2D eigenvalue weighted by Crippen LogP contribution is -2.26. The second kappa shape index (κ2) is 7.54. The molecule has 1 unspecified atom stereocenters. The van der Waals surface area contributed by atoms with Crippen LogP contribution in [0.2, 0.25) is 0 Å². The maximum absolute atomic E-state index is 11.2. The largest absolute Gasteiger partial charge is 0.390 e. The monoisotopic (exact) mass is 320 g/mol. The molecule has 0 aliphatic heterocycles. The summed E-state index contributed by atoms with van der Waals surface area (Å²) in [5, 5.41) is 9.82. The molecule has 0 spiro atoms. The number of benzene rings is 2. The molecule has 0 aliphatic rings. The van der Waals surface area contributed by atoms with E-state index < -0.39 is 15.9 Å². The Bertz CT molecular complexity index is 629. The third kappa shape index (κ3) is 5.26. The molecule has 0 fully saturated rings. The first kappa shape index (κ1) is 16.7. The van der Waals surface area contributed by atoms with Crippen molar-refractivity contribution in [3.8, 4) is 0 Å². The molecule has 118 valence electrons. The Hall–Kier alpha value is -1.69. The second-order valence-electron chi connectivity index (χ2n) is 5.28. The van der Waals surface area contributed by atoms with E-state index in [4.69, 9.17) is 4.74 Å². The molecule has 2 aromatic carbocycles. The van der Waals surface area contributed by atoms with E-state index in [1.165, 1.54) is 0 Å². The summed E-state index contributed by atoms with van der Waals surface area (Å²) in [6.45, 7) is -0.0402. The van der Waals surface area contributed by atoms with E-state index in [2.05, 4.69) is 0 Å². The van der Waals surface area contributed by atoms with E-state index in [1.54, 1.807) is 0 Å². The van der Waals surface area contributed by atoms with Crippen LogP contribution in [0.1, 0.15) is 17.2 Å². The zero-order chi connectivity index (χ0) is 16.0. The number of hydrogen-bond donors (Lipinski definition) is 1. The normalized spacial score (nSPS) is 13.2. The van der Waals surface area contributed by atoms with Crippen molar-refractivity contribution in [3.05, 3.63) is 71.8 Å². The van der Waals surface area contributed by atoms with Gasteiger partial charge in [0, 0.05) is 6.26 Å². The first-order valence-corrected chi connectivity index (χ1v) is 9.09. The molecule has 1 N–H and O–H groups in total. The number of aliphatic hydroxyl groups is 1. The van der Waals surface area contributed by atoms with Crippen molar-refractivity contribution >= 4 is 9.84 Å². The van der Waals surface area contributed by atoms with Crippen LogP contribution in [0.15, 0.2) is 60.7 Å². The average Bonchev–Trinajstić information content (AvgIpc) is 2.48. The molecule has 1 atom stereocenters. The summed E-state index contributed by atoms with van der Waals surface area (Å²) in [6, 6.07) is 19.3. The summed E-state index contributed by atoms with van der Waals surface area (Å²) in [7, 11) is -3.23. The van der Waals surface area contributed by atoms with Gasteiger partial charge in [0.25, 0.3) is 0 Å². The molecule has 0 bridgehead atoms. The lowest BCUT2D eigenvalue weighted by Gasteiger charge is -2.20. The van der Waals surface area contributed by atoms with Crippen LogP contribution in [0.5, 0.6) is 0 Å². The molecule has 22 heavy (non-hydrogen) atoms. The number of sulfone groups is 1. The molecular weight excluding hydrogens is 300 g/mol. The van der Waals surface area contributed by atoms with Gasteiger partial charge in [-0.25, -0.2) is 8.42 Å². The maximum atomic E-state index is 11.2. The highest BCUT2D eigenvalue weighted by Gasteiger charge is 2.18. The highest BCUT2D eigenvalue weighted by molar-refractivity contribution is 7.90. The molecule has 0 saturated carbocycles. The fourth-order valence-corrected chi connectivity index (χ4v) is 3.04. The topological polar surface area (TPSA) is 63.6 Å². The molecule has 5 heteroatoms. The standard InChI is InChI=1S/C17H20O4S/c1-22(19,20)13-16(18)12-21-17(14-8-4-2-5-9-14)15-10-6-3-7-11-15/h2-11,16-18H,12-13H2,1H3. The van der Waals surface area contributed by atoms with Crippen molar-refractivity contribution in [1.29, 1.82) is 0 Å². The van der Waals surface area contributed by atoms with Crippen molar-refractivity contribution < 1.29 is 18.3 Å². The average molecular weight is 320 g/mol. The lowest BCUT2D eigenvalue weighted by molar-refractivity contribution is 0.0149. The van der Waals surface area contributed by atoms with Gasteiger partial charge in [-0.15, -0.1) is 0 Å². The number of rotatable bonds is 7. The Balaban J connectivity index is 2.13. The minimum absolute atomic E-state index is 0.0402. The van der Waals surface area contributed by atoms with Gasteiger partial charge in [0.15, 0.2) is 0 Å². The summed E-state index contributed by atoms with van der Waals surface area (Å²) in [4.78, 5) is 0. The SMILES string of the molecule is CS(=O)(=O)CC(O)COC(c1ccccc1)c1ccccc1. The van der Waals surface area contributed by atoms with Gasteiger partial charge in [-0.05, 0) is 11.1 Å². The minimum atomic E-state index is -3.23. The van der Waals surface area contributed by atoms with E-state index in [1.807, 2.05) is 60.7 Å². The highest BCUT2D eigenvalue weighted by atomic mass is 32.2. The molecular formula is C17H20O4S. The molecule has 0 radical (unpaired) electrons. The Morgan fingerprint density at radius 2 is 1.41 bits per heavy atom. The maximum Gasteiger partial charge on any atom is 0.150 e. The van der Waals surface area contributed by atoms with E-state index >= 15 is 0 Å². The van der Waals surface area contributed by atoms with Gasteiger partial charge in [0.05, 0.1) is 18.5 Å². The zero-order valence-corrected chi connectivity index (χ0v) is 13.2.